The van der Waals surface area contributed by atoms with Gasteiger partial charge in [0.15, 0.2) is 0 Å². The van der Waals surface area contributed by atoms with Crippen LogP contribution in [0.5, 0.6) is 0 Å². The Bertz CT molecular complexity index is 975. The van der Waals surface area contributed by atoms with Gasteiger partial charge in [0.1, 0.15) is 24.4 Å². The van der Waals surface area contributed by atoms with Crippen molar-refractivity contribution in [3.8, 4) is 0 Å². The monoisotopic (exact) mass is 512 g/mol. The highest BCUT2D eigenvalue weighted by atomic mass is 16.6. The first-order valence-electron chi connectivity index (χ1n) is 12.9. The van der Waals surface area contributed by atoms with Gasteiger partial charge in [-0.15, -0.1) is 0 Å². The first-order valence-corrected chi connectivity index (χ1v) is 12.9. The lowest BCUT2D eigenvalue weighted by molar-refractivity contribution is -0.160. The number of pyridine rings is 1. The summed E-state index contributed by atoms with van der Waals surface area (Å²) < 4.78 is 16.7. The van der Waals surface area contributed by atoms with Crippen LogP contribution in [-0.4, -0.2) is 40.8 Å². The highest BCUT2D eigenvalue weighted by molar-refractivity contribution is 5.82. The lowest BCUT2D eigenvalue weighted by atomic mass is 9.95. The van der Waals surface area contributed by atoms with E-state index < -0.39 is 35.8 Å². The molecule has 0 radical (unpaired) electrons. The zero-order chi connectivity index (χ0) is 27.3. The van der Waals surface area contributed by atoms with Crippen molar-refractivity contribution in [1.82, 2.24) is 10.3 Å². The second kappa shape index (κ2) is 15.0. The van der Waals surface area contributed by atoms with E-state index in [1.165, 1.54) is 0 Å². The number of carbonyl (C=O) groups excluding carboxylic acids is 3. The molecule has 1 aromatic heterocycles. The Balaban J connectivity index is 2.13. The standard InChI is InChI=1S/C29H40N2O6/c1-6-7-12-21(2)25(18-26(32)35-20-22-13-9-8-10-14-22)36-27(33)24(17-23-15-11-16-30-19-23)31-28(34)37-29(3,4)5/h8-11,13-16,19,21,24-25H,6-7,12,17-18,20H2,1-5H3,(H,31,34)/t21-,24-,25-/m0/s1. The molecule has 0 unspecified atom stereocenters. The summed E-state index contributed by atoms with van der Waals surface area (Å²) in [5, 5.41) is 2.63. The van der Waals surface area contributed by atoms with Gasteiger partial charge in [-0.3, -0.25) is 9.78 Å². The first kappa shape index (κ1) is 29.8. The van der Waals surface area contributed by atoms with E-state index in [4.69, 9.17) is 14.2 Å². The fourth-order valence-corrected chi connectivity index (χ4v) is 3.66. The molecule has 0 aliphatic heterocycles. The molecule has 1 amide bonds. The summed E-state index contributed by atoms with van der Waals surface area (Å²) in [4.78, 5) is 42.6. The van der Waals surface area contributed by atoms with Gasteiger partial charge in [-0.25, -0.2) is 9.59 Å². The van der Waals surface area contributed by atoms with Crippen LogP contribution in [0.2, 0.25) is 0 Å². The highest BCUT2D eigenvalue weighted by Crippen LogP contribution is 2.21. The van der Waals surface area contributed by atoms with Gasteiger partial charge in [0.25, 0.3) is 0 Å². The van der Waals surface area contributed by atoms with Gasteiger partial charge in [-0.2, -0.15) is 0 Å². The lowest BCUT2D eigenvalue weighted by Crippen LogP contribution is -2.47. The van der Waals surface area contributed by atoms with E-state index in [9.17, 15) is 14.4 Å². The van der Waals surface area contributed by atoms with E-state index in [1.54, 1.807) is 39.2 Å². The molecule has 1 aromatic carbocycles. The molecule has 0 bridgehead atoms. The molecule has 0 saturated carbocycles. The molecule has 2 rings (SSSR count). The SMILES string of the molecule is CCCC[C@H](C)[C@H](CC(=O)OCc1ccccc1)OC(=O)[C@H](Cc1cccnc1)NC(=O)OC(C)(C)C. The van der Waals surface area contributed by atoms with Crippen LogP contribution in [-0.2, 0) is 36.8 Å². The molecule has 2 aromatic rings. The number of carbonyl (C=O) groups is 3. The fraction of sp³-hybridized carbons (Fsp3) is 0.517. The number of rotatable bonds is 13. The number of esters is 2. The second-order valence-corrected chi connectivity index (χ2v) is 10.2. The average molecular weight is 513 g/mol. The summed E-state index contributed by atoms with van der Waals surface area (Å²) in [5.41, 5.74) is 0.895. The Morgan fingerprint density at radius 3 is 2.35 bits per heavy atom. The number of unbranched alkanes of at least 4 members (excludes halogenated alkanes) is 1. The van der Waals surface area contributed by atoms with Gasteiger partial charge in [0.2, 0.25) is 0 Å². The second-order valence-electron chi connectivity index (χ2n) is 10.2. The van der Waals surface area contributed by atoms with Crippen molar-refractivity contribution < 1.29 is 28.6 Å². The van der Waals surface area contributed by atoms with Crippen molar-refractivity contribution in [2.45, 2.75) is 91.1 Å². The number of hydrogen-bond acceptors (Lipinski definition) is 7. The van der Waals surface area contributed by atoms with Crippen LogP contribution in [0.3, 0.4) is 0 Å². The van der Waals surface area contributed by atoms with E-state index in [0.717, 1.165) is 30.4 Å². The summed E-state index contributed by atoms with van der Waals surface area (Å²) in [5.74, 6) is -1.17. The smallest absolute Gasteiger partial charge is 0.408 e. The Kier molecular flexibility index (Phi) is 12.1. The van der Waals surface area contributed by atoms with Gasteiger partial charge in [-0.1, -0.05) is 63.1 Å². The third-order valence-corrected chi connectivity index (χ3v) is 5.66. The van der Waals surface area contributed by atoms with Crippen molar-refractivity contribution in [3.63, 3.8) is 0 Å². The third kappa shape index (κ3) is 11.9. The van der Waals surface area contributed by atoms with Gasteiger partial charge >= 0.3 is 18.0 Å². The quantitative estimate of drug-likeness (QED) is 0.283. The van der Waals surface area contributed by atoms with E-state index >= 15 is 0 Å². The maximum absolute atomic E-state index is 13.3. The molecule has 8 nitrogen and oxygen atoms in total. The molecule has 8 heteroatoms. The number of ether oxygens (including phenoxy) is 3. The summed E-state index contributed by atoms with van der Waals surface area (Å²) in [6.07, 6.45) is 4.62. The average Bonchev–Trinajstić information content (AvgIpc) is 2.85. The minimum atomic E-state index is -1.01. The topological polar surface area (TPSA) is 104 Å². The molecule has 3 atom stereocenters. The normalized spacial score (nSPS) is 13.6. The van der Waals surface area contributed by atoms with Crippen LogP contribution in [0, 0.1) is 5.92 Å². The summed E-state index contributed by atoms with van der Waals surface area (Å²) >= 11 is 0. The minimum absolute atomic E-state index is 0.0739. The number of amides is 1. The molecule has 0 fully saturated rings. The fourth-order valence-electron chi connectivity index (χ4n) is 3.66. The Hall–Kier alpha value is -3.42. The van der Waals surface area contributed by atoms with Gasteiger partial charge < -0.3 is 19.5 Å². The molecule has 37 heavy (non-hydrogen) atoms. The molecular formula is C29H40N2O6. The van der Waals surface area contributed by atoms with Crippen LogP contribution in [0.15, 0.2) is 54.9 Å². The molecular weight excluding hydrogens is 472 g/mol. The van der Waals surface area contributed by atoms with E-state index in [0.29, 0.717) is 0 Å². The summed E-state index contributed by atoms with van der Waals surface area (Å²) in [7, 11) is 0. The van der Waals surface area contributed by atoms with Gasteiger partial charge in [0, 0.05) is 18.8 Å². The predicted octanol–water partition coefficient (Wildman–Crippen LogP) is 5.39. The lowest BCUT2D eigenvalue weighted by Gasteiger charge is -2.27. The highest BCUT2D eigenvalue weighted by Gasteiger charge is 2.31. The van der Waals surface area contributed by atoms with Gasteiger partial charge in [0.05, 0.1) is 6.42 Å². The van der Waals surface area contributed by atoms with Crippen LogP contribution in [0.4, 0.5) is 4.79 Å². The summed E-state index contributed by atoms with van der Waals surface area (Å²) in [6, 6.07) is 11.9. The third-order valence-electron chi connectivity index (χ3n) is 5.66. The number of aromatic nitrogens is 1. The molecule has 0 aliphatic rings. The number of nitrogens with one attached hydrogen (secondary N) is 1. The van der Waals surface area contributed by atoms with Crippen molar-refractivity contribution in [3.05, 3.63) is 66.0 Å². The van der Waals surface area contributed by atoms with Crippen molar-refractivity contribution in [1.29, 1.82) is 0 Å². The largest absolute Gasteiger partial charge is 0.461 e. The zero-order valence-corrected chi connectivity index (χ0v) is 22.6. The minimum Gasteiger partial charge on any atom is -0.461 e. The zero-order valence-electron chi connectivity index (χ0n) is 22.6. The van der Waals surface area contributed by atoms with E-state index in [1.807, 2.05) is 43.3 Å². The van der Waals surface area contributed by atoms with Crippen molar-refractivity contribution >= 4 is 18.0 Å². The molecule has 0 saturated heterocycles. The number of alkyl carbamates (subject to hydrolysis) is 1. The van der Waals surface area contributed by atoms with Crippen LogP contribution >= 0.6 is 0 Å². The Morgan fingerprint density at radius 2 is 1.73 bits per heavy atom. The van der Waals surface area contributed by atoms with Crippen molar-refractivity contribution in [2.75, 3.05) is 0 Å². The maximum Gasteiger partial charge on any atom is 0.408 e. The molecule has 1 N–H and O–H groups in total. The van der Waals surface area contributed by atoms with Crippen molar-refractivity contribution in [2.24, 2.45) is 5.92 Å². The first-order chi connectivity index (χ1) is 17.6. The number of benzene rings is 1. The number of hydrogen-bond donors (Lipinski definition) is 1. The summed E-state index contributed by atoms with van der Waals surface area (Å²) in [6.45, 7) is 9.41. The van der Waals surface area contributed by atoms with Gasteiger partial charge in [-0.05, 0) is 50.3 Å². The molecule has 1 heterocycles. The van der Waals surface area contributed by atoms with Crippen LogP contribution in [0.25, 0.3) is 0 Å². The van der Waals surface area contributed by atoms with E-state index in [-0.39, 0.29) is 25.4 Å². The molecule has 0 spiro atoms. The van der Waals surface area contributed by atoms with E-state index in [2.05, 4.69) is 17.2 Å². The van der Waals surface area contributed by atoms with Crippen LogP contribution < -0.4 is 5.32 Å². The van der Waals surface area contributed by atoms with Crippen LogP contribution in [0.1, 0.15) is 71.4 Å². The Morgan fingerprint density at radius 1 is 1.03 bits per heavy atom. The molecule has 202 valence electrons. The molecule has 0 aliphatic carbocycles. The predicted molar refractivity (Wildman–Crippen MR) is 141 cm³/mol. The maximum atomic E-state index is 13.3. The Labute approximate surface area is 220 Å². The number of nitrogens with zero attached hydrogens (tertiary/aromatic N) is 1.